The molecule has 4 N–H and O–H groups in total. The maximum absolute atomic E-state index is 4.31. The molecule has 6 nitrogen and oxygen atoms in total. The van der Waals surface area contributed by atoms with Crippen molar-refractivity contribution in [2.75, 3.05) is 66.0 Å². The Balaban J connectivity index is 0.000000181. The Morgan fingerprint density at radius 2 is 1.40 bits per heavy atom. The number of pyridine rings is 1. The number of nitrogens with zero attached hydrogens (tertiary/aromatic N) is 2. The molecule has 0 bridgehead atoms. The fourth-order valence-electron chi connectivity index (χ4n) is 2.61. The van der Waals surface area contributed by atoms with E-state index in [-0.39, 0.29) is 0 Å². The number of likely N-dealkylation sites (N-methyl/N-ethyl adjacent to an activating group) is 1. The zero-order chi connectivity index (χ0) is 17.6. The molecule has 0 spiro atoms. The molecular weight excluding hydrogens is 312 g/mol. The first-order valence-electron chi connectivity index (χ1n) is 9.20. The highest BCUT2D eigenvalue weighted by atomic mass is 15.1. The molecule has 2 aliphatic heterocycles. The highest BCUT2D eigenvalue weighted by Gasteiger charge is 2.08. The van der Waals surface area contributed by atoms with E-state index < -0.39 is 0 Å². The lowest BCUT2D eigenvalue weighted by molar-refractivity contribution is 0.529. The van der Waals surface area contributed by atoms with Gasteiger partial charge in [-0.3, -0.25) is 4.98 Å². The summed E-state index contributed by atoms with van der Waals surface area (Å²) in [6.45, 7) is 9.53. The van der Waals surface area contributed by atoms with Gasteiger partial charge < -0.3 is 26.2 Å². The third-order valence-corrected chi connectivity index (χ3v) is 4.02. The van der Waals surface area contributed by atoms with Crippen LogP contribution in [0, 0.1) is 0 Å². The van der Waals surface area contributed by atoms with Crippen molar-refractivity contribution in [3.8, 4) is 0 Å². The zero-order valence-corrected chi connectivity index (χ0v) is 15.3. The molecular formula is C19H32N6. The zero-order valence-electron chi connectivity index (χ0n) is 15.3. The summed E-state index contributed by atoms with van der Waals surface area (Å²) in [6.07, 6.45) is 8.12. The minimum Gasteiger partial charge on any atom is -0.369 e. The Kier molecular flexibility index (Phi) is 9.88. The second-order valence-electron chi connectivity index (χ2n) is 6.08. The summed E-state index contributed by atoms with van der Waals surface area (Å²) in [5.74, 6) is 0. The van der Waals surface area contributed by atoms with Crippen LogP contribution in [0.15, 0.2) is 42.6 Å². The van der Waals surface area contributed by atoms with Gasteiger partial charge in [-0.1, -0.05) is 18.2 Å². The van der Waals surface area contributed by atoms with E-state index in [9.17, 15) is 0 Å². The van der Waals surface area contributed by atoms with Crippen molar-refractivity contribution in [3.05, 3.63) is 48.3 Å². The molecule has 0 aromatic carbocycles. The maximum Gasteiger partial charge on any atom is 0.0863 e. The summed E-state index contributed by atoms with van der Waals surface area (Å²) in [5.41, 5.74) is 2.22. The van der Waals surface area contributed by atoms with Gasteiger partial charge in [-0.25, -0.2) is 0 Å². The van der Waals surface area contributed by atoms with Crippen molar-refractivity contribution in [1.29, 1.82) is 0 Å². The van der Waals surface area contributed by atoms with E-state index in [2.05, 4.69) is 56.4 Å². The van der Waals surface area contributed by atoms with E-state index in [1.165, 1.54) is 5.70 Å². The molecule has 0 saturated carbocycles. The summed E-state index contributed by atoms with van der Waals surface area (Å²) in [4.78, 5) is 6.49. The molecule has 0 amide bonds. The van der Waals surface area contributed by atoms with Gasteiger partial charge in [-0.05, 0) is 18.2 Å². The fourth-order valence-corrected chi connectivity index (χ4v) is 2.61. The van der Waals surface area contributed by atoms with Crippen LogP contribution in [0.2, 0.25) is 0 Å². The van der Waals surface area contributed by atoms with Crippen LogP contribution < -0.4 is 21.3 Å². The third kappa shape index (κ3) is 8.27. The fraction of sp³-hybridized carbons (Fsp3) is 0.526. The SMILES string of the molecule is C1CNCCNCCNCCN1.CN1CC=CC=C1c1ccccn1. The molecule has 1 aromatic rings. The number of hydrogen-bond donors (Lipinski definition) is 4. The van der Waals surface area contributed by atoms with Crippen molar-refractivity contribution < 1.29 is 0 Å². The highest BCUT2D eigenvalue weighted by Crippen LogP contribution is 2.17. The van der Waals surface area contributed by atoms with Crippen LogP contribution in [0.5, 0.6) is 0 Å². The number of nitrogens with one attached hydrogen (secondary N) is 4. The van der Waals surface area contributed by atoms with Gasteiger partial charge in [0.2, 0.25) is 0 Å². The van der Waals surface area contributed by atoms with Gasteiger partial charge in [0.1, 0.15) is 0 Å². The van der Waals surface area contributed by atoms with Crippen molar-refractivity contribution in [2.24, 2.45) is 0 Å². The largest absolute Gasteiger partial charge is 0.369 e. The molecule has 25 heavy (non-hydrogen) atoms. The molecule has 0 aliphatic carbocycles. The average molecular weight is 345 g/mol. The predicted molar refractivity (Wildman–Crippen MR) is 105 cm³/mol. The minimum atomic E-state index is 0.961. The lowest BCUT2D eigenvalue weighted by Gasteiger charge is -2.22. The van der Waals surface area contributed by atoms with Crippen molar-refractivity contribution >= 4 is 5.70 Å². The first kappa shape index (κ1) is 19.6. The number of hydrogen-bond acceptors (Lipinski definition) is 6. The van der Waals surface area contributed by atoms with Gasteiger partial charge in [-0.15, -0.1) is 0 Å². The molecule has 1 fully saturated rings. The summed E-state index contributed by atoms with van der Waals surface area (Å²) < 4.78 is 0. The first-order chi connectivity index (χ1) is 12.4. The average Bonchev–Trinajstić information content (AvgIpc) is 2.64. The van der Waals surface area contributed by atoms with Gasteiger partial charge in [0.25, 0.3) is 0 Å². The summed E-state index contributed by atoms with van der Waals surface area (Å²) >= 11 is 0. The molecule has 1 aromatic heterocycles. The van der Waals surface area contributed by atoms with Crippen LogP contribution in [-0.2, 0) is 0 Å². The van der Waals surface area contributed by atoms with Crippen LogP contribution >= 0.6 is 0 Å². The number of rotatable bonds is 1. The molecule has 1 saturated heterocycles. The van der Waals surface area contributed by atoms with Crippen LogP contribution in [-0.4, -0.2) is 75.8 Å². The van der Waals surface area contributed by atoms with Crippen molar-refractivity contribution in [3.63, 3.8) is 0 Å². The van der Waals surface area contributed by atoms with E-state index in [0.29, 0.717) is 0 Å². The Labute approximate surface area is 151 Å². The van der Waals surface area contributed by atoms with Crippen molar-refractivity contribution in [1.82, 2.24) is 31.2 Å². The first-order valence-corrected chi connectivity index (χ1v) is 9.20. The van der Waals surface area contributed by atoms with E-state index in [0.717, 1.165) is 64.6 Å². The van der Waals surface area contributed by atoms with Crippen LogP contribution in [0.4, 0.5) is 0 Å². The third-order valence-electron chi connectivity index (χ3n) is 4.02. The van der Waals surface area contributed by atoms with Gasteiger partial charge in [-0.2, -0.15) is 0 Å². The van der Waals surface area contributed by atoms with Crippen molar-refractivity contribution in [2.45, 2.75) is 0 Å². The molecule has 3 heterocycles. The van der Waals surface area contributed by atoms with E-state index in [1.807, 2.05) is 24.4 Å². The monoisotopic (exact) mass is 344 g/mol. The summed E-state index contributed by atoms with van der Waals surface area (Å²) in [5, 5.41) is 13.4. The topological polar surface area (TPSA) is 64.2 Å². The molecule has 3 rings (SSSR count). The van der Waals surface area contributed by atoms with Crippen LogP contribution in [0.3, 0.4) is 0 Å². The Morgan fingerprint density at radius 3 is 1.84 bits per heavy atom. The molecule has 0 atom stereocenters. The molecule has 0 unspecified atom stereocenters. The standard InChI is InChI=1S/C11H12N2.C8H20N4/c1-13-9-5-3-7-11(13)10-6-2-4-8-12-10;1-2-10-5-6-12-8-7-11-4-3-9-1/h2-8H,9H2,1H3;9-12H,1-8H2. The smallest absolute Gasteiger partial charge is 0.0863 e. The number of aromatic nitrogens is 1. The van der Waals surface area contributed by atoms with E-state index in [1.54, 1.807) is 0 Å². The summed E-state index contributed by atoms with van der Waals surface area (Å²) in [6, 6.07) is 5.97. The van der Waals surface area contributed by atoms with Gasteiger partial charge in [0.05, 0.1) is 11.4 Å². The molecule has 138 valence electrons. The molecule has 2 aliphatic rings. The van der Waals surface area contributed by atoms with Gasteiger partial charge >= 0.3 is 0 Å². The van der Waals surface area contributed by atoms with Gasteiger partial charge in [0, 0.05) is 72.1 Å². The molecule has 6 heteroatoms. The second kappa shape index (κ2) is 12.6. The predicted octanol–water partition coefficient (Wildman–Crippen LogP) is 0.283. The highest BCUT2D eigenvalue weighted by molar-refractivity contribution is 5.63. The maximum atomic E-state index is 4.31. The van der Waals surface area contributed by atoms with Crippen LogP contribution in [0.25, 0.3) is 5.70 Å². The van der Waals surface area contributed by atoms with E-state index >= 15 is 0 Å². The Bertz CT molecular complexity index is 471. The minimum absolute atomic E-state index is 0.961. The number of allylic oxidation sites excluding steroid dienone is 2. The lowest BCUT2D eigenvalue weighted by atomic mass is 10.2. The Hall–Kier alpha value is -1.73. The van der Waals surface area contributed by atoms with Gasteiger partial charge in [0.15, 0.2) is 0 Å². The lowest BCUT2D eigenvalue weighted by Crippen LogP contribution is -2.39. The Morgan fingerprint density at radius 1 is 0.840 bits per heavy atom. The normalized spacial score (nSPS) is 19.7. The summed E-state index contributed by atoms with van der Waals surface area (Å²) in [7, 11) is 2.07. The second-order valence-corrected chi connectivity index (χ2v) is 6.08. The van der Waals surface area contributed by atoms with Crippen LogP contribution in [0.1, 0.15) is 5.69 Å². The quantitative estimate of drug-likeness (QED) is 0.587. The van der Waals surface area contributed by atoms with E-state index in [4.69, 9.17) is 0 Å². The molecule has 0 radical (unpaired) electrons.